The van der Waals surface area contributed by atoms with Gasteiger partial charge in [-0.3, -0.25) is 4.79 Å². The molecule has 3 N–H and O–H groups in total. The monoisotopic (exact) mass is 288 g/mol. The van der Waals surface area contributed by atoms with E-state index >= 15 is 0 Å². The van der Waals surface area contributed by atoms with Crippen molar-refractivity contribution >= 4 is 11.6 Å². The summed E-state index contributed by atoms with van der Waals surface area (Å²) < 4.78 is 7.28. The van der Waals surface area contributed by atoms with Crippen LogP contribution in [0.2, 0.25) is 0 Å². The molecule has 6 heteroatoms. The number of anilines is 1. The molecule has 112 valence electrons. The molecule has 0 unspecified atom stereocenters. The number of carbonyl (C=O) groups excluding carboxylic acids is 1. The van der Waals surface area contributed by atoms with Crippen molar-refractivity contribution in [3.63, 3.8) is 0 Å². The number of rotatable bonds is 7. The topological polar surface area (TPSA) is 82.2 Å². The summed E-state index contributed by atoms with van der Waals surface area (Å²) in [5, 5.41) is 2.80. The molecule has 2 aromatic rings. The molecule has 0 saturated carbocycles. The van der Waals surface area contributed by atoms with Crippen LogP contribution in [0.3, 0.4) is 0 Å². The van der Waals surface area contributed by atoms with Crippen LogP contribution in [0, 0.1) is 0 Å². The standard InChI is InChI=1S/C15H20N4O2/c1-2-9-21-13-5-3-12(4-6-13)18-15(20)14-10-19(8-7-16)11-17-14/h3-6,10-11H,2,7-9,16H2,1H3,(H,18,20). The van der Waals surface area contributed by atoms with Crippen LogP contribution in [-0.4, -0.2) is 28.6 Å². The molecule has 0 fully saturated rings. The molecule has 0 bridgehead atoms. The maximum absolute atomic E-state index is 12.0. The summed E-state index contributed by atoms with van der Waals surface area (Å²) in [6.07, 6.45) is 4.24. The molecule has 1 aromatic heterocycles. The van der Waals surface area contributed by atoms with E-state index < -0.39 is 0 Å². The lowest BCUT2D eigenvalue weighted by atomic mass is 10.3. The molecule has 0 spiro atoms. The first-order valence-corrected chi connectivity index (χ1v) is 6.99. The number of nitrogens with one attached hydrogen (secondary N) is 1. The molecule has 0 atom stereocenters. The Labute approximate surface area is 123 Å². The van der Waals surface area contributed by atoms with Gasteiger partial charge >= 0.3 is 0 Å². The van der Waals surface area contributed by atoms with E-state index in [0.717, 1.165) is 12.2 Å². The molecule has 1 aromatic carbocycles. The minimum Gasteiger partial charge on any atom is -0.494 e. The molecule has 0 aliphatic heterocycles. The fourth-order valence-electron chi connectivity index (χ4n) is 1.80. The second-order valence-corrected chi connectivity index (χ2v) is 4.61. The van der Waals surface area contributed by atoms with Gasteiger partial charge in [0, 0.05) is 25.0 Å². The van der Waals surface area contributed by atoms with Gasteiger partial charge in [-0.05, 0) is 30.7 Å². The van der Waals surface area contributed by atoms with Crippen LogP contribution in [0.5, 0.6) is 5.75 Å². The molecular weight excluding hydrogens is 268 g/mol. The van der Waals surface area contributed by atoms with E-state index in [1.54, 1.807) is 29.2 Å². The van der Waals surface area contributed by atoms with Crippen LogP contribution >= 0.6 is 0 Å². The largest absolute Gasteiger partial charge is 0.494 e. The number of carbonyl (C=O) groups is 1. The van der Waals surface area contributed by atoms with Gasteiger partial charge in [0.15, 0.2) is 0 Å². The van der Waals surface area contributed by atoms with Crippen molar-refractivity contribution < 1.29 is 9.53 Å². The van der Waals surface area contributed by atoms with Crippen molar-refractivity contribution in [3.05, 3.63) is 42.5 Å². The molecule has 1 heterocycles. The van der Waals surface area contributed by atoms with E-state index in [4.69, 9.17) is 10.5 Å². The van der Waals surface area contributed by atoms with Crippen molar-refractivity contribution in [2.75, 3.05) is 18.5 Å². The Morgan fingerprint density at radius 1 is 1.38 bits per heavy atom. The number of nitrogens with zero attached hydrogens (tertiary/aromatic N) is 2. The summed E-state index contributed by atoms with van der Waals surface area (Å²) in [6, 6.07) is 7.27. The lowest BCUT2D eigenvalue weighted by Gasteiger charge is -2.06. The minimum atomic E-state index is -0.243. The molecule has 6 nitrogen and oxygen atoms in total. The van der Waals surface area contributed by atoms with Crippen LogP contribution in [0.25, 0.3) is 0 Å². The molecule has 21 heavy (non-hydrogen) atoms. The number of ether oxygens (including phenoxy) is 1. The summed E-state index contributed by atoms with van der Waals surface area (Å²) in [4.78, 5) is 16.1. The maximum atomic E-state index is 12.0. The normalized spacial score (nSPS) is 10.4. The number of aromatic nitrogens is 2. The second kappa shape index (κ2) is 7.44. The Morgan fingerprint density at radius 3 is 2.81 bits per heavy atom. The van der Waals surface area contributed by atoms with Gasteiger partial charge in [0.25, 0.3) is 5.91 Å². The summed E-state index contributed by atoms with van der Waals surface area (Å²) in [6.45, 7) is 3.89. The predicted molar refractivity (Wildman–Crippen MR) is 81.5 cm³/mol. The van der Waals surface area contributed by atoms with Crippen LogP contribution < -0.4 is 15.8 Å². The van der Waals surface area contributed by atoms with Crippen LogP contribution in [-0.2, 0) is 6.54 Å². The van der Waals surface area contributed by atoms with Gasteiger partial charge in [-0.2, -0.15) is 0 Å². The average Bonchev–Trinajstić information content (AvgIpc) is 2.96. The molecule has 2 rings (SSSR count). The third-order valence-electron chi connectivity index (χ3n) is 2.84. The average molecular weight is 288 g/mol. The first-order valence-electron chi connectivity index (χ1n) is 6.99. The Bertz CT molecular complexity index is 578. The highest BCUT2D eigenvalue weighted by atomic mass is 16.5. The van der Waals surface area contributed by atoms with Crippen LogP contribution in [0.4, 0.5) is 5.69 Å². The van der Waals surface area contributed by atoms with Crippen molar-refractivity contribution in [2.24, 2.45) is 5.73 Å². The zero-order valence-electron chi connectivity index (χ0n) is 12.1. The van der Waals surface area contributed by atoms with Crippen molar-refractivity contribution in [1.82, 2.24) is 9.55 Å². The zero-order chi connectivity index (χ0) is 15.1. The van der Waals surface area contributed by atoms with Gasteiger partial charge in [-0.15, -0.1) is 0 Å². The third-order valence-corrected chi connectivity index (χ3v) is 2.84. The number of nitrogens with two attached hydrogens (primary N) is 1. The molecule has 0 aliphatic rings. The van der Waals surface area contributed by atoms with Gasteiger partial charge < -0.3 is 20.4 Å². The minimum absolute atomic E-state index is 0.243. The molecule has 0 saturated heterocycles. The first kappa shape index (κ1) is 15.1. The number of amides is 1. The highest BCUT2D eigenvalue weighted by molar-refractivity contribution is 6.02. The van der Waals surface area contributed by atoms with E-state index in [1.165, 1.54) is 0 Å². The van der Waals surface area contributed by atoms with E-state index in [9.17, 15) is 4.79 Å². The first-order chi connectivity index (χ1) is 10.2. The van der Waals surface area contributed by atoms with E-state index in [0.29, 0.717) is 31.1 Å². The van der Waals surface area contributed by atoms with Crippen molar-refractivity contribution in [2.45, 2.75) is 19.9 Å². The van der Waals surface area contributed by atoms with E-state index in [1.807, 2.05) is 12.1 Å². The number of benzene rings is 1. The fraction of sp³-hybridized carbons (Fsp3) is 0.333. The van der Waals surface area contributed by atoms with Gasteiger partial charge in [-0.25, -0.2) is 4.98 Å². The number of imidazole rings is 1. The third kappa shape index (κ3) is 4.32. The van der Waals surface area contributed by atoms with Crippen molar-refractivity contribution in [1.29, 1.82) is 0 Å². The Morgan fingerprint density at radius 2 is 2.14 bits per heavy atom. The van der Waals surface area contributed by atoms with Crippen LogP contribution in [0.15, 0.2) is 36.8 Å². The molecule has 1 amide bonds. The van der Waals surface area contributed by atoms with Gasteiger partial charge in [0.05, 0.1) is 12.9 Å². The summed E-state index contributed by atoms with van der Waals surface area (Å²) in [5.74, 6) is 0.551. The maximum Gasteiger partial charge on any atom is 0.275 e. The summed E-state index contributed by atoms with van der Waals surface area (Å²) in [7, 11) is 0. The lowest BCUT2D eigenvalue weighted by molar-refractivity contribution is 0.102. The smallest absolute Gasteiger partial charge is 0.275 e. The van der Waals surface area contributed by atoms with Gasteiger partial charge in [0.2, 0.25) is 0 Å². The van der Waals surface area contributed by atoms with Crippen molar-refractivity contribution in [3.8, 4) is 5.75 Å². The Balaban J connectivity index is 1.95. The molecular formula is C15H20N4O2. The zero-order valence-corrected chi connectivity index (χ0v) is 12.1. The van der Waals surface area contributed by atoms with E-state index in [2.05, 4.69) is 17.2 Å². The Kier molecular flexibility index (Phi) is 5.34. The predicted octanol–water partition coefficient (Wildman–Crippen LogP) is 1.88. The molecule has 0 aliphatic carbocycles. The lowest BCUT2D eigenvalue weighted by Crippen LogP contribution is -2.12. The van der Waals surface area contributed by atoms with E-state index in [-0.39, 0.29) is 5.91 Å². The van der Waals surface area contributed by atoms with Gasteiger partial charge in [0.1, 0.15) is 11.4 Å². The fourth-order valence-corrected chi connectivity index (χ4v) is 1.80. The van der Waals surface area contributed by atoms with Gasteiger partial charge in [-0.1, -0.05) is 6.92 Å². The summed E-state index contributed by atoms with van der Waals surface area (Å²) in [5.41, 5.74) is 6.53. The highest BCUT2D eigenvalue weighted by Crippen LogP contribution is 2.16. The SMILES string of the molecule is CCCOc1ccc(NC(=O)c2cn(CCN)cn2)cc1. The quantitative estimate of drug-likeness (QED) is 0.815. The second-order valence-electron chi connectivity index (χ2n) is 4.61. The highest BCUT2D eigenvalue weighted by Gasteiger charge is 2.09. The summed E-state index contributed by atoms with van der Waals surface area (Å²) >= 11 is 0. The molecule has 0 radical (unpaired) electrons. The number of hydrogen-bond donors (Lipinski definition) is 2. The van der Waals surface area contributed by atoms with Crippen LogP contribution in [0.1, 0.15) is 23.8 Å². The Hall–Kier alpha value is -2.34. The number of hydrogen-bond acceptors (Lipinski definition) is 4.